The Kier molecular flexibility index (Phi) is 6.55. The maximum absolute atomic E-state index is 12.6. The third-order valence-corrected chi connectivity index (χ3v) is 4.31. The van der Waals surface area contributed by atoms with Gasteiger partial charge in [0.05, 0.1) is 18.7 Å². The van der Waals surface area contributed by atoms with Crippen LogP contribution in [0.15, 0.2) is 24.3 Å². The molecule has 0 fully saturated rings. The van der Waals surface area contributed by atoms with Crippen LogP contribution in [0, 0.1) is 20.8 Å². The Bertz CT molecular complexity index is 848. The molecule has 0 radical (unpaired) electrons. The minimum Gasteiger partial charge on any atom is -0.493 e. The Labute approximate surface area is 158 Å². The first-order valence-electron chi connectivity index (χ1n) is 8.84. The molecule has 1 atom stereocenters. The molecule has 0 bridgehead atoms. The van der Waals surface area contributed by atoms with E-state index in [4.69, 9.17) is 9.47 Å². The van der Waals surface area contributed by atoms with Crippen molar-refractivity contribution in [3.63, 3.8) is 0 Å². The van der Waals surface area contributed by atoms with Crippen LogP contribution in [-0.4, -0.2) is 35.2 Å². The second-order valence-electron chi connectivity index (χ2n) is 6.59. The molecule has 144 valence electrons. The third-order valence-electron chi connectivity index (χ3n) is 4.31. The predicted octanol–water partition coefficient (Wildman–Crippen LogP) is 3.73. The molecule has 2 rings (SSSR count). The van der Waals surface area contributed by atoms with Gasteiger partial charge >= 0.3 is 5.97 Å². The third kappa shape index (κ3) is 5.06. The molecule has 0 aliphatic rings. The Morgan fingerprint density at radius 2 is 1.70 bits per heavy atom. The zero-order valence-electron chi connectivity index (χ0n) is 16.3. The second kappa shape index (κ2) is 8.66. The average molecular weight is 371 g/mol. The van der Waals surface area contributed by atoms with Gasteiger partial charge in [-0.15, -0.1) is 0 Å². The number of esters is 1. The topological polar surface area (TPSA) is 85.5 Å². The van der Waals surface area contributed by atoms with Gasteiger partial charge in [0.15, 0.2) is 11.9 Å². The van der Waals surface area contributed by atoms with Crippen LogP contribution in [0.4, 0.5) is 0 Å². The van der Waals surface area contributed by atoms with Crippen LogP contribution >= 0.6 is 0 Å². The molecule has 1 aromatic heterocycles. The molecular weight excluding hydrogens is 346 g/mol. The smallest absolute Gasteiger partial charge is 0.309 e. The highest BCUT2D eigenvalue weighted by Crippen LogP contribution is 2.20. The summed E-state index contributed by atoms with van der Waals surface area (Å²) in [6.07, 6.45) is -0.916. The van der Waals surface area contributed by atoms with Gasteiger partial charge in [0.2, 0.25) is 5.78 Å². The molecule has 0 amide bonds. The molecular formula is C21H25NO5. The molecule has 0 spiro atoms. The van der Waals surface area contributed by atoms with E-state index in [0.717, 1.165) is 5.56 Å². The lowest BCUT2D eigenvalue weighted by molar-refractivity contribution is -0.146. The van der Waals surface area contributed by atoms with E-state index in [1.165, 1.54) is 13.8 Å². The molecule has 1 heterocycles. The summed E-state index contributed by atoms with van der Waals surface area (Å²) in [6.45, 7) is 8.56. The Hall–Kier alpha value is -2.89. The molecule has 0 aliphatic heterocycles. The van der Waals surface area contributed by atoms with Gasteiger partial charge in [-0.25, -0.2) is 0 Å². The summed E-state index contributed by atoms with van der Waals surface area (Å²) >= 11 is 0. The summed E-state index contributed by atoms with van der Waals surface area (Å²) in [4.78, 5) is 39.2. The summed E-state index contributed by atoms with van der Waals surface area (Å²) in [5.74, 6) is -0.323. The molecule has 0 aliphatic carbocycles. The van der Waals surface area contributed by atoms with Gasteiger partial charge in [0.1, 0.15) is 5.75 Å². The minimum atomic E-state index is -0.951. The number of benzene rings is 1. The van der Waals surface area contributed by atoms with E-state index in [2.05, 4.69) is 4.98 Å². The molecule has 0 saturated heterocycles. The summed E-state index contributed by atoms with van der Waals surface area (Å²) in [5, 5.41) is 0. The Balaban J connectivity index is 1.90. The van der Waals surface area contributed by atoms with E-state index in [1.54, 1.807) is 13.8 Å². The summed E-state index contributed by atoms with van der Waals surface area (Å²) in [6, 6.07) is 7.50. The van der Waals surface area contributed by atoms with Crippen molar-refractivity contribution in [1.82, 2.24) is 4.98 Å². The lowest BCUT2D eigenvalue weighted by atomic mass is 10.0. The zero-order valence-corrected chi connectivity index (χ0v) is 16.3. The quantitative estimate of drug-likeness (QED) is 0.564. The molecule has 0 unspecified atom stereocenters. The van der Waals surface area contributed by atoms with E-state index < -0.39 is 12.1 Å². The van der Waals surface area contributed by atoms with Crippen molar-refractivity contribution in [2.75, 3.05) is 6.61 Å². The Morgan fingerprint density at radius 3 is 2.26 bits per heavy atom. The predicted molar refractivity (Wildman–Crippen MR) is 101 cm³/mol. The van der Waals surface area contributed by atoms with Gasteiger partial charge in [0, 0.05) is 11.3 Å². The van der Waals surface area contributed by atoms with Crippen LogP contribution < -0.4 is 4.74 Å². The first-order valence-corrected chi connectivity index (χ1v) is 8.84. The van der Waals surface area contributed by atoms with E-state index in [9.17, 15) is 14.4 Å². The van der Waals surface area contributed by atoms with Crippen molar-refractivity contribution < 1.29 is 23.9 Å². The maximum Gasteiger partial charge on any atom is 0.309 e. The van der Waals surface area contributed by atoms with Crippen molar-refractivity contribution in [3.05, 3.63) is 52.3 Å². The maximum atomic E-state index is 12.6. The molecule has 2 aromatic rings. The molecule has 0 saturated carbocycles. The number of carbonyl (C=O) groups excluding carboxylic acids is 3. The molecule has 1 aromatic carbocycles. The minimum absolute atomic E-state index is 0.0347. The van der Waals surface area contributed by atoms with E-state index in [0.29, 0.717) is 28.3 Å². The fraction of sp³-hybridized carbons (Fsp3) is 0.381. The second-order valence-corrected chi connectivity index (χ2v) is 6.59. The number of ether oxygens (including phenoxy) is 2. The average Bonchev–Trinajstić information content (AvgIpc) is 2.90. The summed E-state index contributed by atoms with van der Waals surface area (Å²) in [5.41, 5.74) is 3.14. The number of hydrogen-bond donors (Lipinski definition) is 1. The van der Waals surface area contributed by atoms with Crippen LogP contribution in [0.2, 0.25) is 0 Å². The number of ketones is 2. The molecule has 6 heteroatoms. The number of H-pyrrole nitrogens is 1. The van der Waals surface area contributed by atoms with Gasteiger partial charge in [-0.1, -0.05) is 17.7 Å². The number of rotatable bonds is 8. The van der Waals surface area contributed by atoms with Gasteiger partial charge in [0.25, 0.3) is 0 Å². The number of hydrogen-bond acceptors (Lipinski definition) is 5. The monoisotopic (exact) mass is 371 g/mol. The largest absolute Gasteiger partial charge is 0.493 e. The highest BCUT2D eigenvalue weighted by atomic mass is 16.5. The number of nitrogens with one attached hydrogen (secondary N) is 1. The van der Waals surface area contributed by atoms with E-state index in [-0.39, 0.29) is 24.6 Å². The molecule has 1 N–H and O–H groups in total. The van der Waals surface area contributed by atoms with Crippen molar-refractivity contribution in [1.29, 1.82) is 0 Å². The number of aromatic amines is 1. The first kappa shape index (κ1) is 20.4. The van der Waals surface area contributed by atoms with Gasteiger partial charge in [-0.05, 0) is 52.3 Å². The van der Waals surface area contributed by atoms with Gasteiger partial charge in [-0.2, -0.15) is 0 Å². The van der Waals surface area contributed by atoms with E-state index >= 15 is 0 Å². The highest BCUT2D eigenvalue weighted by molar-refractivity contribution is 6.05. The molecule has 27 heavy (non-hydrogen) atoms. The lowest BCUT2D eigenvalue weighted by Gasteiger charge is -2.12. The van der Waals surface area contributed by atoms with Crippen molar-refractivity contribution in [2.45, 2.75) is 47.1 Å². The van der Waals surface area contributed by atoms with Crippen molar-refractivity contribution >= 4 is 17.5 Å². The highest BCUT2D eigenvalue weighted by Gasteiger charge is 2.25. The lowest BCUT2D eigenvalue weighted by Crippen LogP contribution is -2.26. The van der Waals surface area contributed by atoms with Crippen LogP contribution in [-0.2, 0) is 9.53 Å². The van der Waals surface area contributed by atoms with Crippen LogP contribution in [0.1, 0.15) is 57.9 Å². The number of carbonyl (C=O) groups is 3. The fourth-order valence-corrected chi connectivity index (χ4v) is 2.92. The zero-order chi connectivity index (χ0) is 20.1. The van der Waals surface area contributed by atoms with Crippen LogP contribution in [0.5, 0.6) is 5.75 Å². The van der Waals surface area contributed by atoms with Gasteiger partial charge < -0.3 is 14.5 Å². The number of aromatic nitrogens is 1. The van der Waals surface area contributed by atoms with Gasteiger partial charge in [-0.3, -0.25) is 14.4 Å². The first-order chi connectivity index (χ1) is 12.7. The van der Waals surface area contributed by atoms with Crippen LogP contribution in [0.3, 0.4) is 0 Å². The van der Waals surface area contributed by atoms with Crippen molar-refractivity contribution in [3.8, 4) is 5.75 Å². The number of Topliss-reactive ketones (excluding diaryl/α,β-unsaturated/α-hetero) is 2. The fourth-order valence-electron chi connectivity index (χ4n) is 2.92. The van der Waals surface area contributed by atoms with Crippen molar-refractivity contribution in [2.24, 2.45) is 0 Å². The molecule has 6 nitrogen and oxygen atoms in total. The summed E-state index contributed by atoms with van der Waals surface area (Å²) < 4.78 is 10.7. The normalized spacial score (nSPS) is 11.7. The standard InChI is InChI=1S/C21H25NO5/c1-12-6-8-17(9-7-12)26-11-10-18(24)27-16(5)21(25)20-13(2)19(15(4)23)14(3)22-20/h6-9,16,22H,10-11H2,1-5H3/t16-/m0/s1. The number of aryl methyl sites for hydroxylation is 2. The van der Waals surface area contributed by atoms with Crippen LogP contribution in [0.25, 0.3) is 0 Å². The SMILES string of the molecule is CC(=O)c1c(C)[nH]c(C(=O)[C@H](C)OC(=O)CCOc2ccc(C)cc2)c1C. The Morgan fingerprint density at radius 1 is 1.07 bits per heavy atom. The summed E-state index contributed by atoms with van der Waals surface area (Å²) in [7, 11) is 0. The van der Waals surface area contributed by atoms with E-state index in [1.807, 2.05) is 31.2 Å².